The summed E-state index contributed by atoms with van der Waals surface area (Å²) in [6, 6.07) is 5.47. The van der Waals surface area contributed by atoms with Crippen LogP contribution in [0.1, 0.15) is 58.1 Å². The van der Waals surface area contributed by atoms with Gasteiger partial charge in [0, 0.05) is 65.8 Å². The molecule has 12 heteroatoms. The molecule has 1 aromatic carbocycles. The number of carbonyl (C=O) groups excluding carboxylic acids is 3. The zero-order chi connectivity index (χ0) is 30.2. The number of amides is 3. The standard InChI is InChI=1S/C30H44N6O6/c1-30(2,3)42-29(40)32(4)21-17-22(18-21)41-15-14-34-10-12-35(13-11-34)19-20-6-7-23-25(16-20)33(5)28(39)36(23)24-8-9-26(37)31-27(24)38/h6-7,16,21-22,24H,8-15,17-19H2,1-5H3,(H,31,37,38)/t21-,22-,24?. The van der Waals surface area contributed by atoms with Crippen LogP contribution in [0.4, 0.5) is 4.79 Å². The van der Waals surface area contributed by atoms with Crippen LogP contribution in [0.5, 0.6) is 0 Å². The molecule has 3 aliphatic rings. The van der Waals surface area contributed by atoms with Crippen LogP contribution >= 0.6 is 0 Å². The molecule has 3 amide bonds. The highest BCUT2D eigenvalue weighted by Gasteiger charge is 2.36. The average Bonchev–Trinajstić information content (AvgIpc) is 3.14. The molecule has 5 rings (SSSR count). The van der Waals surface area contributed by atoms with Crippen LogP contribution in [-0.2, 0) is 32.7 Å². The van der Waals surface area contributed by atoms with Gasteiger partial charge in [-0.3, -0.25) is 33.8 Å². The molecule has 3 fully saturated rings. The third-order valence-corrected chi connectivity index (χ3v) is 8.61. The molecule has 1 aromatic heterocycles. The Morgan fingerprint density at radius 1 is 1.05 bits per heavy atom. The molecule has 1 unspecified atom stereocenters. The molecule has 1 N–H and O–H groups in total. The summed E-state index contributed by atoms with van der Waals surface area (Å²) >= 11 is 0. The average molecular weight is 585 g/mol. The Balaban J connectivity index is 1.06. The van der Waals surface area contributed by atoms with Gasteiger partial charge in [0.15, 0.2) is 0 Å². The Morgan fingerprint density at radius 2 is 1.74 bits per heavy atom. The maximum absolute atomic E-state index is 13.0. The van der Waals surface area contributed by atoms with Crippen LogP contribution in [0.25, 0.3) is 11.0 Å². The van der Waals surface area contributed by atoms with E-state index in [9.17, 15) is 19.2 Å². The number of rotatable bonds is 8. The number of piperidine rings is 1. The fourth-order valence-electron chi connectivity index (χ4n) is 5.99. The van der Waals surface area contributed by atoms with Gasteiger partial charge in [-0.25, -0.2) is 9.59 Å². The van der Waals surface area contributed by atoms with Gasteiger partial charge in [-0.15, -0.1) is 0 Å². The summed E-state index contributed by atoms with van der Waals surface area (Å²) in [7, 11) is 3.52. The van der Waals surface area contributed by atoms with Crippen LogP contribution in [0.2, 0.25) is 0 Å². The number of carbonyl (C=O) groups is 3. The number of fused-ring (bicyclic) bond motifs is 1. The second-order valence-corrected chi connectivity index (χ2v) is 12.8. The van der Waals surface area contributed by atoms with Gasteiger partial charge in [0.2, 0.25) is 11.8 Å². The molecule has 0 radical (unpaired) electrons. The Bertz CT molecular complexity index is 1380. The number of nitrogens with one attached hydrogen (secondary N) is 1. The van der Waals surface area contributed by atoms with Crippen LogP contribution in [0.3, 0.4) is 0 Å². The Kier molecular flexibility index (Phi) is 8.77. The molecule has 2 saturated heterocycles. The quantitative estimate of drug-likeness (QED) is 0.467. The van der Waals surface area contributed by atoms with Gasteiger partial charge >= 0.3 is 11.8 Å². The van der Waals surface area contributed by atoms with Crippen molar-refractivity contribution < 1.29 is 23.9 Å². The van der Waals surface area contributed by atoms with Crippen molar-refractivity contribution in [2.24, 2.45) is 7.05 Å². The van der Waals surface area contributed by atoms with Crippen molar-refractivity contribution in [1.82, 2.24) is 29.2 Å². The molecule has 12 nitrogen and oxygen atoms in total. The van der Waals surface area contributed by atoms with Gasteiger partial charge in [0.05, 0.1) is 23.7 Å². The largest absolute Gasteiger partial charge is 0.444 e. The van der Waals surface area contributed by atoms with E-state index in [1.54, 1.807) is 23.6 Å². The zero-order valence-electron chi connectivity index (χ0n) is 25.4. The fourth-order valence-corrected chi connectivity index (χ4v) is 5.99. The molecule has 1 aliphatic carbocycles. The summed E-state index contributed by atoms with van der Waals surface area (Å²) in [6.07, 6.45) is 2.15. The van der Waals surface area contributed by atoms with Gasteiger partial charge in [-0.1, -0.05) is 6.07 Å². The van der Waals surface area contributed by atoms with E-state index in [1.165, 1.54) is 4.57 Å². The molecule has 1 atom stereocenters. The smallest absolute Gasteiger partial charge is 0.410 e. The monoisotopic (exact) mass is 584 g/mol. The molecule has 2 aromatic rings. The first-order chi connectivity index (χ1) is 19.9. The van der Waals surface area contributed by atoms with Crippen LogP contribution < -0.4 is 11.0 Å². The summed E-state index contributed by atoms with van der Waals surface area (Å²) in [6.45, 7) is 11.8. The number of hydrogen-bond donors (Lipinski definition) is 1. The van der Waals surface area contributed by atoms with Crippen molar-refractivity contribution in [2.75, 3.05) is 46.4 Å². The summed E-state index contributed by atoms with van der Waals surface area (Å²) in [4.78, 5) is 55.8. The highest BCUT2D eigenvalue weighted by atomic mass is 16.6. The van der Waals surface area contributed by atoms with Crippen molar-refractivity contribution in [2.45, 2.75) is 76.8 Å². The summed E-state index contributed by atoms with van der Waals surface area (Å²) in [5.74, 6) is -0.716. The second kappa shape index (κ2) is 12.2. The molecule has 1 saturated carbocycles. The molecule has 3 heterocycles. The number of aromatic nitrogens is 2. The van der Waals surface area contributed by atoms with E-state index in [1.807, 2.05) is 39.0 Å². The van der Waals surface area contributed by atoms with E-state index in [0.29, 0.717) is 18.5 Å². The van der Waals surface area contributed by atoms with Crippen LogP contribution in [0.15, 0.2) is 23.0 Å². The first-order valence-electron chi connectivity index (χ1n) is 15.0. The number of hydrogen-bond acceptors (Lipinski definition) is 8. The number of aryl methyl sites for hydroxylation is 1. The first-order valence-corrected chi connectivity index (χ1v) is 15.0. The van der Waals surface area contributed by atoms with Crippen LogP contribution in [-0.4, -0.2) is 106 Å². The lowest BCUT2D eigenvalue weighted by Crippen LogP contribution is -2.51. The lowest BCUT2D eigenvalue weighted by Gasteiger charge is -2.41. The van der Waals surface area contributed by atoms with E-state index in [-0.39, 0.29) is 36.3 Å². The predicted molar refractivity (Wildman–Crippen MR) is 157 cm³/mol. The predicted octanol–water partition coefficient (Wildman–Crippen LogP) is 1.85. The van der Waals surface area contributed by atoms with Crippen molar-refractivity contribution >= 4 is 28.9 Å². The van der Waals surface area contributed by atoms with E-state index in [0.717, 1.165) is 63.2 Å². The van der Waals surface area contributed by atoms with Gasteiger partial charge in [0.1, 0.15) is 11.6 Å². The Labute approximate surface area is 246 Å². The van der Waals surface area contributed by atoms with Crippen molar-refractivity contribution in [3.63, 3.8) is 0 Å². The van der Waals surface area contributed by atoms with E-state index in [2.05, 4.69) is 15.1 Å². The molecular formula is C30H44N6O6. The Morgan fingerprint density at radius 3 is 2.40 bits per heavy atom. The lowest BCUT2D eigenvalue weighted by atomic mass is 9.88. The first kappa shape index (κ1) is 30.2. The number of imide groups is 1. The number of benzene rings is 1. The minimum absolute atomic E-state index is 0.172. The van der Waals surface area contributed by atoms with Gasteiger partial charge in [0.25, 0.3) is 0 Å². The number of nitrogens with zero attached hydrogens (tertiary/aromatic N) is 5. The van der Waals surface area contributed by atoms with E-state index < -0.39 is 17.6 Å². The topological polar surface area (TPSA) is 118 Å². The highest BCUT2D eigenvalue weighted by molar-refractivity contribution is 6.00. The van der Waals surface area contributed by atoms with Gasteiger partial charge in [-0.2, -0.15) is 0 Å². The normalized spacial score (nSPS) is 24.0. The third kappa shape index (κ3) is 6.71. The summed E-state index contributed by atoms with van der Waals surface area (Å²) in [5.41, 5.74) is 1.87. The summed E-state index contributed by atoms with van der Waals surface area (Å²) < 4.78 is 14.6. The molecule has 2 aliphatic heterocycles. The maximum atomic E-state index is 13.0. The lowest BCUT2D eigenvalue weighted by molar-refractivity contribution is -0.135. The maximum Gasteiger partial charge on any atom is 0.410 e. The SMILES string of the molecule is Cn1c(=O)n(C2CCC(=O)NC2=O)c2ccc(CN3CCN(CCO[C@H]4C[C@H](N(C)C(=O)OC(C)(C)C)C4)CC3)cc21. The second-order valence-electron chi connectivity index (χ2n) is 12.8. The van der Waals surface area contributed by atoms with Gasteiger partial charge < -0.3 is 14.4 Å². The third-order valence-electron chi connectivity index (χ3n) is 8.61. The molecular weight excluding hydrogens is 540 g/mol. The van der Waals surface area contributed by atoms with Crippen molar-refractivity contribution in [3.8, 4) is 0 Å². The number of imidazole rings is 1. The highest BCUT2D eigenvalue weighted by Crippen LogP contribution is 2.29. The van der Waals surface area contributed by atoms with E-state index >= 15 is 0 Å². The Hall–Kier alpha value is -3.22. The molecule has 230 valence electrons. The van der Waals surface area contributed by atoms with E-state index in [4.69, 9.17) is 9.47 Å². The number of ether oxygens (including phenoxy) is 2. The van der Waals surface area contributed by atoms with Crippen molar-refractivity contribution in [3.05, 3.63) is 34.2 Å². The number of piperazine rings is 1. The zero-order valence-corrected chi connectivity index (χ0v) is 25.4. The molecule has 42 heavy (non-hydrogen) atoms. The minimum Gasteiger partial charge on any atom is -0.444 e. The van der Waals surface area contributed by atoms with Crippen LogP contribution in [0, 0.1) is 0 Å². The van der Waals surface area contributed by atoms with Gasteiger partial charge in [-0.05, 0) is 57.7 Å². The fraction of sp³-hybridized carbons (Fsp3) is 0.667. The summed E-state index contributed by atoms with van der Waals surface area (Å²) in [5, 5.41) is 2.36. The molecule has 0 bridgehead atoms. The minimum atomic E-state index is -0.675. The molecule has 0 spiro atoms. The van der Waals surface area contributed by atoms with Crippen molar-refractivity contribution in [1.29, 1.82) is 0 Å².